The molecule has 0 bridgehead atoms. The van der Waals surface area contributed by atoms with Crippen LogP contribution in [-0.2, 0) is 4.79 Å². The molecular formula is C20H10Cl3F2NO3. The highest BCUT2D eigenvalue weighted by Crippen LogP contribution is 2.34. The molecule has 9 heteroatoms. The number of hydrogen-bond donors (Lipinski definition) is 1. The Hall–Kier alpha value is -2.67. The van der Waals surface area contributed by atoms with Crippen molar-refractivity contribution in [2.45, 2.75) is 0 Å². The summed E-state index contributed by atoms with van der Waals surface area (Å²) in [7, 11) is 0. The van der Waals surface area contributed by atoms with Crippen LogP contribution in [0.25, 0.3) is 11.1 Å². The summed E-state index contributed by atoms with van der Waals surface area (Å²) in [5.74, 6) is -3.22. The zero-order chi connectivity index (χ0) is 21.1. The number of nitrogens with one attached hydrogen (secondary N) is 1. The Morgan fingerprint density at radius 3 is 2.17 bits per heavy atom. The summed E-state index contributed by atoms with van der Waals surface area (Å²) in [4.78, 5) is 23.2. The molecule has 1 amide bonds. The highest BCUT2D eigenvalue weighted by Gasteiger charge is 2.20. The normalized spacial score (nSPS) is 10.5. The second-order valence-electron chi connectivity index (χ2n) is 5.73. The molecule has 0 spiro atoms. The van der Waals surface area contributed by atoms with E-state index in [-0.39, 0.29) is 33.4 Å². The van der Waals surface area contributed by atoms with Crippen LogP contribution in [0.2, 0.25) is 15.1 Å². The molecule has 148 valence electrons. The highest BCUT2D eigenvalue weighted by molar-refractivity contribution is 6.42. The van der Waals surface area contributed by atoms with Crippen LogP contribution < -0.4 is 10.1 Å². The number of benzene rings is 3. The van der Waals surface area contributed by atoms with Crippen LogP contribution in [-0.4, -0.2) is 12.4 Å². The monoisotopic (exact) mass is 455 g/mol. The van der Waals surface area contributed by atoms with E-state index in [0.29, 0.717) is 10.6 Å². The molecule has 0 aliphatic heterocycles. The number of hydrogen-bond acceptors (Lipinski definition) is 3. The van der Waals surface area contributed by atoms with Crippen LogP contribution in [0.15, 0.2) is 48.5 Å². The van der Waals surface area contributed by atoms with Crippen LogP contribution in [0.5, 0.6) is 5.75 Å². The predicted molar refractivity (Wildman–Crippen MR) is 108 cm³/mol. The van der Waals surface area contributed by atoms with Gasteiger partial charge in [-0.3, -0.25) is 9.59 Å². The molecule has 4 nitrogen and oxygen atoms in total. The number of halogens is 5. The van der Waals surface area contributed by atoms with Gasteiger partial charge < -0.3 is 10.1 Å². The molecule has 0 aliphatic carbocycles. The summed E-state index contributed by atoms with van der Waals surface area (Å²) >= 11 is 17.8. The molecule has 0 aliphatic rings. The van der Waals surface area contributed by atoms with Gasteiger partial charge in [0.25, 0.3) is 12.4 Å². The molecule has 0 heterocycles. The topological polar surface area (TPSA) is 55.4 Å². The maximum Gasteiger partial charge on any atom is 0.298 e. The van der Waals surface area contributed by atoms with Crippen LogP contribution in [0, 0.1) is 11.6 Å². The van der Waals surface area contributed by atoms with Gasteiger partial charge in [0.05, 0.1) is 15.6 Å². The van der Waals surface area contributed by atoms with E-state index in [4.69, 9.17) is 39.5 Å². The van der Waals surface area contributed by atoms with Gasteiger partial charge in [0.15, 0.2) is 0 Å². The van der Waals surface area contributed by atoms with Gasteiger partial charge in [-0.1, -0.05) is 53.0 Å². The van der Waals surface area contributed by atoms with Gasteiger partial charge in [0, 0.05) is 16.7 Å². The third-order valence-corrected chi connectivity index (χ3v) is 4.96. The van der Waals surface area contributed by atoms with E-state index in [1.165, 1.54) is 0 Å². The lowest BCUT2D eigenvalue weighted by Crippen LogP contribution is -2.16. The van der Waals surface area contributed by atoms with E-state index < -0.39 is 23.2 Å². The zero-order valence-electron chi connectivity index (χ0n) is 14.3. The van der Waals surface area contributed by atoms with Crippen LogP contribution in [0.3, 0.4) is 0 Å². The summed E-state index contributed by atoms with van der Waals surface area (Å²) in [5.41, 5.74) is -0.298. The third kappa shape index (κ3) is 4.50. The minimum absolute atomic E-state index is 0.00919. The summed E-state index contributed by atoms with van der Waals surface area (Å²) < 4.78 is 33.8. The second-order valence-corrected chi connectivity index (χ2v) is 6.95. The van der Waals surface area contributed by atoms with Crippen molar-refractivity contribution in [3.63, 3.8) is 0 Å². The van der Waals surface area contributed by atoms with E-state index in [0.717, 1.165) is 24.3 Å². The fourth-order valence-electron chi connectivity index (χ4n) is 2.58. The van der Waals surface area contributed by atoms with E-state index in [1.807, 2.05) is 0 Å². The molecule has 29 heavy (non-hydrogen) atoms. The predicted octanol–water partition coefficient (Wildman–Crippen LogP) is 6.38. The van der Waals surface area contributed by atoms with Gasteiger partial charge in [-0.2, -0.15) is 0 Å². The number of amides is 1. The molecule has 0 radical (unpaired) electrons. The van der Waals surface area contributed by atoms with Crippen molar-refractivity contribution in [1.29, 1.82) is 0 Å². The summed E-state index contributed by atoms with van der Waals surface area (Å²) in [6.45, 7) is 0.0793. The molecule has 3 aromatic carbocycles. The molecule has 0 aromatic heterocycles. The molecule has 1 N–H and O–H groups in total. The van der Waals surface area contributed by atoms with E-state index in [1.54, 1.807) is 24.3 Å². The average molecular weight is 457 g/mol. The Labute approximate surface area is 179 Å². The van der Waals surface area contributed by atoms with Gasteiger partial charge in [0.2, 0.25) is 0 Å². The summed E-state index contributed by atoms with van der Waals surface area (Å²) in [6, 6.07) is 10.9. The molecule has 3 aromatic rings. The van der Waals surface area contributed by atoms with Gasteiger partial charge in [0.1, 0.15) is 23.1 Å². The van der Waals surface area contributed by atoms with Crippen molar-refractivity contribution in [3.05, 3.63) is 80.8 Å². The molecule has 0 saturated carbocycles. The summed E-state index contributed by atoms with van der Waals surface area (Å²) in [5, 5.41) is 2.45. The van der Waals surface area contributed by atoms with Crippen molar-refractivity contribution in [3.8, 4) is 16.9 Å². The van der Waals surface area contributed by atoms with Gasteiger partial charge in [-0.25, -0.2) is 8.78 Å². The Morgan fingerprint density at radius 2 is 1.55 bits per heavy atom. The largest absolute Gasteiger partial charge is 0.428 e. The Morgan fingerprint density at radius 1 is 0.931 bits per heavy atom. The fourth-order valence-corrected chi connectivity index (χ4v) is 3.14. The number of ether oxygens (including phenoxy) is 1. The average Bonchev–Trinajstić information content (AvgIpc) is 2.67. The van der Waals surface area contributed by atoms with Crippen LogP contribution >= 0.6 is 34.8 Å². The minimum Gasteiger partial charge on any atom is -0.428 e. The smallest absolute Gasteiger partial charge is 0.298 e. The van der Waals surface area contributed by atoms with Gasteiger partial charge in [-0.05, 0) is 29.8 Å². The maximum atomic E-state index is 14.6. The van der Waals surface area contributed by atoms with Crippen molar-refractivity contribution in [2.75, 3.05) is 5.32 Å². The first-order valence-electron chi connectivity index (χ1n) is 7.96. The van der Waals surface area contributed by atoms with Crippen molar-refractivity contribution >= 4 is 52.9 Å². The standard InChI is InChI=1S/C20H10Cl3F2NO3/c21-13-4-2-1-3-11(13)10-5-16(24)19(17(25)6-10)26-20(28)12-7-14(22)15(23)8-18(12)29-9-27/h1-9H,(H,26,28). The Balaban J connectivity index is 1.97. The molecule has 0 atom stereocenters. The van der Waals surface area contributed by atoms with Gasteiger partial charge in [-0.15, -0.1) is 0 Å². The SMILES string of the molecule is O=COc1cc(Cl)c(Cl)cc1C(=O)Nc1c(F)cc(-c2ccccc2Cl)cc1F. The minimum atomic E-state index is -1.02. The van der Waals surface area contributed by atoms with Crippen molar-refractivity contribution in [2.24, 2.45) is 0 Å². The summed E-state index contributed by atoms with van der Waals surface area (Å²) in [6.07, 6.45) is 0. The number of carbonyl (C=O) groups excluding carboxylic acids is 2. The zero-order valence-corrected chi connectivity index (χ0v) is 16.6. The van der Waals surface area contributed by atoms with Crippen LogP contribution in [0.1, 0.15) is 10.4 Å². The Bertz CT molecular complexity index is 1100. The first kappa shape index (κ1) is 21.0. The quantitative estimate of drug-likeness (QED) is 0.453. The second kappa shape index (κ2) is 8.78. The number of anilines is 1. The Kier molecular flexibility index (Phi) is 6.37. The third-order valence-electron chi connectivity index (χ3n) is 3.91. The fraction of sp³-hybridized carbons (Fsp3) is 0. The maximum absolute atomic E-state index is 14.6. The molecule has 3 rings (SSSR count). The van der Waals surface area contributed by atoms with Crippen molar-refractivity contribution in [1.82, 2.24) is 0 Å². The van der Waals surface area contributed by atoms with Gasteiger partial charge >= 0.3 is 0 Å². The highest BCUT2D eigenvalue weighted by atomic mass is 35.5. The number of carbonyl (C=O) groups is 2. The first-order valence-corrected chi connectivity index (χ1v) is 9.10. The van der Waals surface area contributed by atoms with E-state index >= 15 is 0 Å². The first-order chi connectivity index (χ1) is 13.8. The molecule has 0 fully saturated rings. The lowest BCUT2D eigenvalue weighted by molar-refractivity contribution is -0.120. The number of rotatable bonds is 5. The lowest BCUT2D eigenvalue weighted by atomic mass is 10.0. The van der Waals surface area contributed by atoms with Crippen LogP contribution in [0.4, 0.5) is 14.5 Å². The van der Waals surface area contributed by atoms with E-state index in [2.05, 4.69) is 5.32 Å². The molecular weight excluding hydrogens is 447 g/mol. The lowest BCUT2D eigenvalue weighted by Gasteiger charge is -2.13. The van der Waals surface area contributed by atoms with E-state index in [9.17, 15) is 18.4 Å². The van der Waals surface area contributed by atoms with Crippen molar-refractivity contribution < 1.29 is 23.1 Å². The molecule has 0 unspecified atom stereocenters. The molecule has 0 saturated heterocycles.